The molecule has 0 saturated carbocycles. The second-order valence-corrected chi connectivity index (χ2v) is 9.07. The molecule has 1 aliphatic carbocycles. The van der Waals surface area contributed by atoms with Gasteiger partial charge in [-0.3, -0.25) is 0 Å². The van der Waals surface area contributed by atoms with Crippen LogP contribution in [0.15, 0.2) is 48.5 Å². The van der Waals surface area contributed by atoms with Crippen molar-refractivity contribution in [1.82, 2.24) is 0 Å². The maximum Gasteiger partial charge on any atom is 0.352 e. The maximum absolute atomic E-state index is 12.0. The molecule has 3 nitrogen and oxygen atoms in total. The third-order valence-corrected chi connectivity index (χ3v) is 5.86. The van der Waals surface area contributed by atoms with E-state index in [1.165, 1.54) is 11.1 Å². The third kappa shape index (κ3) is 4.31. The highest BCUT2D eigenvalue weighted by Gasteiger charge is 2.36. The summed E-state index contributed by atoms with van der Waals surface area (Å²) in [6.45, 7) is 9.03. The molecule has 0 fully saturated rings. The number of benzene rings is 2. The van der Waals surface area contributed by atoms with Gasteiger partial charge in [-0.05, 0) is 65.0 Å². The lowest BCUT2D eigenvalue weighted by Gasteiger charge is -2.41. The molecular weight excluding hydrogens is 356 g/mol. The summed E-state index contributed by atoms with van der Waals surface area (Å²) in [5, 5.41) is 2.53. The molecule has 0 amide bonds. The second-order valence-electron chi connectivity index (χ2n) is 8.23. The van der Waals surface area contributed by atoms with E-state index in [-0.39, 0.29) is 10.8 Å². The summed E-state index contributed by atoms with van der Waals surface area (Å²) in [5.41, 5.74) is 4.00. The number of hydrogen-bond acceptors (Lipinski definition) is 3. The first-order chi connectivity index (χ1) is 12.7. The van der Waals surface area contributed by atoms with Crippen LogP contribution in [0.5, 0.6) is 0 Å². The van der Waals surface area contributed by atoms with Gasteiger partial charge in [-0.2, -0.15) is 0 Å². The minimum Gasteiger partial charge on any atom is -0.350 e. The first-order valence-electron chi connectivity index (χ1n) is 9.05. The minimum absolute atomic E-state index is 0.0848. The van der Waals surface area contributed by atoms with Gasteiger partial charge < -0.3 is 4.18 Å². The summed E-state index contributed by atoms with van der Waals surface area (Å²) in [6, 6.07) is 14.6. The summed E-state index contributed by atoms with van der Waals surface area (Å²) in [5.74, 6) is 2.25. The van der Waals surface area contributed by atoms with Crippen LogP contribution in [0.1, 0.15) is 67.6 Å². The van der Waals surface area contributed by atoms with Gasteiger partial charge in [0.15, 0.2) is 0 Å². The maximum atomic E-state index is 12.0. The lowest BCUT2D eigenvalue weighted by molar-refractivity contribution is 0.0760. The molecule has 0 heterocycles. The van der Waals surface area contributed by atoms with E-state index >= 15 is 0 Å². The molecule has 0 spiro atoms. The van der Waals surface area contributed by atoms with Gasteiger partial charge in [0.2, 0.25) is 0 Å². The molecule has 0 aliphatic heterocycles. The predicted molar refractivity (Wildman–Crippen MR) is 109 cm³/mol. The number of carbonyl (C=O) groups excluding carboxylic acids is 1. The Balaban J connectivity index is 1.79. The Morgan fingerprint density at radius 2 is 1.59 bits per heavy atom. The average molecular weight is 381 g/mol. The zero-order valence-corrected chi connectivity index (χ0v) is 17.0. The fourth-order valence-corrected chi connectivity index (χ4v) is 3.96. The molecule has 0 bridgehead atoms. The quantitative estimate of drug-likeness (QED) is 0.699. The highest BCUT2D eigenvalue weighted by Crippen LogP contribution is 2.45. The standard InChI is InChI=1S/C23H24O3S/c1-22(2)13-14-23(3,4)20-16-17(10-11-19(20)22)12-15-27(25)26-21(24)18-8-6-5-7-9-18/h5-11,16H,13-14H2,1-4H3. The molecule has 0 aromatic heterocycles. The molecule has 0 N–H and O–H groups in total. The molecule has 1 aliphatic rings. The zero-order chi connectivity index (χ0) is 19.7. The van der Waals surface area contributed by atoms with Crippen LogP contribution in [0, 0.1) is 11.2 Å². The molecule has 2 aromatic rings. The second kappa shape index (κ2) is 7.32. The molecule has 2 aromatic carbocycles. The van der Waals surface area contributed by atoms with Gasteiger partial charge >= 0.3 is 5.97 Å². The van der Waals surface area contributed by atoms with Gasteiger partial charge in [0.1, 0.15) is 0 Å². The van der Waals surface area contributed by atoms with Crippen molar-refractivity contribution in [3.8, 4) is 11.2 Å². The van der Waals surface area contributed by atoms with E-state index in [0.717, 1.165) is 18.4 Å². The smallest absolute Gasteiger partial charge is 0.350 e. The van der Waals surface area contributed by atoms with E-state index in [4.69, 9.17) is 4.18 Å². The largest absolute Gasteiger partial charge is 0.352 e. The van der Waals surface area contributed by atoms with Gasteiger partial charge in [0.25, 0.3) is 11.1 Å². The SMILES string of the molecule is CC1(C)CCC(C)(C)c2cc(C#CS(=O)OC(=O)c3ccccc3)ccc21. The van der Waals surface area contributed by atoms with Crippen LogP contribution < -0.4 is 0 Å². The summed E-state index contributed by atoms with van der Waals surface area (Å²) in [7, 11) is 0. The number of carbonyl (C=O) groups is 1. The molecule has 0 saturated heterocycles. The molecule has 27 heavy (non-hydrogen) atoms. The third-order valence-electron chi connectivity index (χ3n) is 5.29. The van der Waals surface area contributed by atoms with Gasteiger partial charge in [0.05, 0.1) is 5.56 Å². The van der Waals surface area contributed by atoms with Crippen molar-refractivity contribution in [2.75, 3.05) is 0 Å². The fourth-order valence-electron chi connectivity index (χ4n) is 3.48. The van der Waals surface area contributed by atoms with Crippen LogP contribution in [0.2, 0.25) is 0 Å². The van der Waals surface area contributed by atoms with Crippen LogP contribution in [0.3, 0.4) is 0 Å². The minimum atomic E-state index is -2.00. The monoisotopic (exact) mass is 380 g/mol. The Morgan fingerprint density at radius 1 is 0.963 bits per heavy atom. The van der Waals surface area contributed by atoms with E-state index in [0.29, 0.717) is 5.56 Å². The fraction of sp³-hybridized carbons (Fsp3) is 0.348. The van der Waals surface area contributed by atoms with Crippen molar-refractivity contribution < 1.29 is 13.2 Å². The van der Waals surface area contributed by atoms with Crippen molar-refractivity contribution in [3.05, 3.63) is 70.8 Å². The normalized spacial score (nSPS) is 17.8. The Hall–Kier alpha value is -2.38. The lowest BCUT2D eigenvalue weighted by atomic mass is 9.63. The van der Waals surface area contributed by atoms with Crippen molar-refractivity contribution in [3.63, 3.8) is 0 Å². The van der Waals surface area contributed by atoms with Crippen LogP contribution in [0.4, 0.5) is 0 Å². The van der Waals surface area contributed by atoms with Gasteiger partial charge in [0, 0.05) is 10.8 Å². The highest BCUT2D eigenvalue weighted by atomic mass is 32.2. The van der Waals surface area contributed by atoms with Crippen LogP contribution in [0.25, 0.3) is 0 Å². The van der Waals surface area contributed by atoms with Crippen LogP contribution >= 0.6 is 0 Å². The number of fused-ring (bicyclic) bond motifs is 1. The van der Waals surface area contributed by atoms with E-state index < -0.39 is 17.0 Å². The number of hydrogen-bond donors (Lipinski definition) is 0. The predicted octanol–water partition coefficient (Wildman–Crippen LogP) is 4.87. The van der Waals surface area contributed by atoms with E-state index in [1.807, 2.05) is 6.07 Å². The van der Waals surface area contributed by atoms with Crippen molar-refractivity contribution in [1.29, 1.82) is 0 Å². The van der Waals surface area contributed by atoms with Crippen molar-refractivity contribution >= 4 is 17.0 Å². The molecule has 1 atom stereocenters. The molecule has 140 valence electrons. The average Bonchev–Trinajstić information content (AvgIpc) is 2.64. The Morgan fingerprint density at radius 3 is 2.26 bits per heavy atom. The summed E-state index contributed by atoms with van der Waals surface area (Å²) in [6.07, 6.45) is 2.27. The molecule has 4 heteroatoms. The molecular formula is C23H24O3S. The van der Waals surface area contributed by atoms with E-state index in [1.54, 1.807) is 30.3 Å². The van der Waals surface area contributed by atoms with Gasteiger partial charge in [-0.25, -0.2) is 9.00 Å². The van der Waals surface area contributed by atoms with Gasteiger partial charge in [-0.15, -0.1) is 0 Å². The zero-order valence-electron chi connectivity index (χ0n) is 16.2. The topological polar surface area (TPSA) is 43.4 Å². The van der Waals surface area contributed by atoms with Crippen molar-refractivity contribution in [2.45, 2.75) is 51.4 Å². The highest BCUT2D eigenvalue weighted by molar-refractivity contribution is 7.85. The Kier molecular flexibility index (Phi) is 5.26. The van der Waals surface area contributed by atoms with Crippen molar-refractivity contribution in [2.24, 2.45) is 0 Å². The molecule has 0 radical (unpaired) electrons. The summed E-state index contributed by atoms with van der Waals surface area (Å²) >= 11 is -2.00. The molecule has 3 rings (SSSR count). The summed E-state index contributed by atoms with van der Waals surface area (Å²) in [4.78, 5) is 11.9. The first kappa shape index (κ1) is 19.4. The van der Waals surface area contributed by atoms with Crippen LogP contribution in [-0.4, -0.2) is 10.2 Å². The van der Waals surface area contributed by atoms with Crippen LogP contribution in [-0.2, 0) is 26.1 Å². The lowest BCUT2D eigenvalue weighted by Crippen LogP contribution is -2.33. The van der Waals surface area contributed by atoms with E-state index in [9.17, 15) is 9.00 Å². The Labute approximate surface area is 163 Å². The summed E-state index contributed by atoms with van der Waals surface area (Å²) < 4.78 is 16.9. The van der Waals surface area contributed by atoms with E-state index in [2.05, 4.69) is 51.0 Å². The van der Waals surface area contributed by atoms with Gasteiger partial charge in [-0.1, -0.05) is 52.0 Å². The Bertz CT molecular complexity index is 947. The number of rotatable bonds is 2. The first-order valence-corrected chi connectivity index (χ1v) is 10.1. The molecule has 1 unspecified atom stereocenters.